The van der Waals surface area contributed by atoms with Crippen LogP contribution in [-0.4, -0.2) is 36.2 Å². The molecule has 0 spiro atoms. The van der Waals surface area contributed by atoms with Crippen molar-refractivity contribution < 1.29 is 13.2 Å². The molecule has 3 nitrogen and oxygen atoms in total. The van der Waals surface area contributed by atoms with Gasteiger partial charge >= 0.3 is 6.18 Å². The van der Waals surface area contributed by atoms with Crippen LogP contribution in [0.1, 0.15) is 56.2 Å². The molecule has 1 saturated heterocycles. The van der Waals surface area contributed by atoms with Crippen LogP contribution in [0.5, 0.6) is 0 Å². The highest BCUT2D eigenvalue weighted by Crippen LogP contribution is 2.40. The molecule has 2 N–H and O–H groups in total. The number of hydrogen-bond donors (Lipinski definition) is 2. The minimum Gasteiger partial charge on any atom is -0.355 e. The van der Waals surface area contributed by atoms with Gasteiger partial charge in [0.15, 0.2) is 0 Å². The molecule has 0 bridgehead atoms. The van der Waals surface area contributed by atoms with Gasteiger partial charge in [0, 0.05) is 35.8 Å². The van der Waals surface area contributed by atoms with Gasteiger partial charge in [0.2, 0.25) is 0 Å². The summed E-state index contributed by atoms with van der Waals surface area (Å²) in [5.74, 6) is 0.227. The quantitative estimate of drug-likeness (QED) is 0.525. The highest BCUT2D eigenvalue weighted by molar-refractivity contribution is 6.03. The van der Waals surface area contributed by atoms with E-state index in [0.29, 0.717) is 11.1 Å². The minimum atomic E-state index is -4.28. The molecule has 1 fully saturated rings. The minimum absolute atomic E-state index is 0.131. The Morgan fingerprint density at radius 2 is 1.80 bits per heavy atom. The number of likely N-dealkylation sites (tertiary alicyclic amines) is 1. The fourth-order valence-corrected chi connectivity index (χ4v) is 3.87. The summed E-state index contributed by atoms with van der Waals surface area (Å²) in [6.07, 6.45) is 0.210. The van der Waals surface area contributed by atoms with Crippen molar-refractivity contribution in [1.82, 2.24) is 4.90 Å². The second-order valence-corrected chi connectivity index (χ2v) is 7.06. The Labute approximate surface area is 147 Å². The third-order valence-electron chi connectivity index (χ3n) is 4.86. The Morgan fingerprint density at radius 1 is 1.20 bits per heavy atom. The Hall–Kier alpha value is -1.85. The first kappa shape index (κ1) is 19.5. The molecule has 0 radical (unpaired) electrons. The van der Waals surface area contributed by atoms with Gasteiger partial charge in [0.05, 0.1) is 6.42 Å². The van der Waals surface area contributed by atoms with Gasteiger partial charge in [-0.2, -0.15) is 13.2 Å². The molecule has 138 valence electrons. The van der Waals surface area contributed by atoms with E-state index in [9.17, 15) is 13.2 Å². The molecule has 0 aliphatic carbocycles. The Balaban J connectivity index is 2.19. The van der Waals surface area contributed by atoms with E-state index >= 15 is 0 Å². The van der Waals surface area contributed by atoms with Crippen molar-refractivity contribution in [3.63, 3.8) is 0 Å². The molecule has 25 heavy (non-hydrogen) atoms. The van der Waals surface area contributed by atoms with Gasteiger partial charge in [0.25, 0.3) is 0 Å². The first-order valence-corrected chi connectivity index (χ1v) is 8.77. The van der Waals surface area contributed by atoms with E-state index in [1.54, 1.807) is 0 Å². The lowest BCUT2D eigenvalue weighted by atomic mass is 9.72. The fourth-order valence-electron chi connectivity index (χ4n) is 3.87. The van der Waals surface area contributed by atoms with Gasteiger partial charge in [-0.1, -0.05) is 38.8 Å². The zero-order chi connectivity index (χ0) is 18.7. The highest BCUT2D eigenvalue weighted by atomic mass is 19.4. The standard InChI is InChI=1S/C19H26F3N3/c1-3-7-18(8-4-2)12-25(13-18)17(24)16-9-14(10-19(20,21)22)5-6-15(16)11-23/h5-6,9,11,23-24H,3-4,7-8,10,12-13H2,1-2H3. The SMILES string of the molecule is CCCC1(CCC)CN(C(=N)c2cc(CC(F)(F)F)ccc2C=N)C1. The maximum absolute atomic E-state index is 12.7. The van der Waals surface area contributed by atoms with Crippen LogP contribution in [0.3, 0.4) is 0 Å². The monoisotopic (exact) mass is 353 g/mol. The van der Waals surface area contributed by atoms with Gasteiger partial charge in [-0.25, -0.2) is 0 Å². The van der Waals surface area contributed by atoms with Crippen LogP contribution < -0.4 is 0 Å². The van der Waals surface area contributed by atoms with Gasteiger partial charge in [-0.15, -0.1) is 0 Å². The van der Waals surface area contributed by atoms with Crippen molar-refractivity contribution in [1.29, 1.82) is 10.8 Å². The molecule has 1 aliphatic heterocycles. The van der Waals surface area contributed by atoms with Crippen LogP contribution in [0.25, 0.3) is 0 Å². The average molecular weight is 353 g/mol. The molecule has 1 heterocycles. The van der Waals surface area contributed by atoms with E-state index < -0.39 is 12.6 Å². The topological polar surface area (TPSA) is 50.9 Å². The number of amidine groups is 1. The van der Waals surface area contributed by atoms with Gasteiger partial charge in [0.1, 0.15) is 5.84 Å². The van der Waals surface area contributed by atoms with Crippen molar-refractivity contribution >= 4 is 12.1 Å². The van der Waals surface area contributed by atoms with Gasteiger partial charge in [-0.05, 0) is 24.5 Å². The number of halogens is 3. The lowest BCUT2D eigenvalue weighted by Gasteiger charge is -2.52. The summed E-state index contributed by atoms with van der Waals surface area (Å²) in [7, 11) is 0. The molecular formula is C19H26F3N3. The van der Waals surface area contributed by atoms with E-state index in [0.717, 1.165) is 45.0 Å². The summed E-state index contributed by atoms with van der Waals surface area (Å²) in [5, 5.41) is 15.9. The summed E-state index contributed by atoms with van der Waals surface area (Å²) in [5.41, 5.74) is 1.26. The molecule has 1 aromatic carbocycles. The third-order valence-corrected chi connectivity index (χ3v) is 4.86. The van der Waals surface area contributed by atoms with Crippen LogP contribution in [0.2, 0.25) is 0 Å². The number of nitrogens with zero attached hydrogens (tertiary/aromatic N) is 1. The van der Waals surface area contributed by atoms with E-state index in [4.69, 9.17) is 10.8 Å². The lowest BCUT2D eigenvalue weighted by molar-refractivity contribution is -0.127. The number of rotatable bonds is 7. The molecule has 0 saturated carbocycles. The third kappa shape index (κ3) is 4.61. The van der Waals surface area contributed by atoms with Crippen molar-refractivity contribution in [2.45, 2.75) is 52.1 Å². The molecule has 2 rings (SSSR count). The Morgan fingerprint density at radius 3 is 2.28 bits per heavy atom. The predicted molar refractivity (Wildman–Crippen MR) is 94.7 cm³/mol. The van der Waals surface area contributed by atoms with Crippen LogP contribution in [-0.2, 0) is 6.42 Å². The number of hydrogen-bond acceptors (Lipinski definition) is 2. The van der Waals surface area contributed by atoms with Crippen LogP contribution in [0.4, 0.5) is 13.2 Å². The van der Waals surface area contributed by atoms with E-state index in [1.807, 2.05) is 4.90 Å². The van der Waals surface area contributed by atoms with Crippen molar-refractivity contribution in [2.75, 3.05) is 13.1 Å². The first-order chi connectivity index (χ1) is 11.7. The van der Waals surface area contributed by atoms with Crippen LogP contribution >= 0.6 is 0 Å². The predicted octanol–water partition coefficient (Wildman–Crippen LogP) is 5.02. The molecule has 0 amide bonds. The maximum Gasteiger partial charge on any atom is 0.393 e. The summed E-state index contributed by atoms with van der Waals surface area (Å²) in [4.78, 5) is 1.92. The van der Waals surface area contributed by atoms with E-state index in [1.165, 1.54) is 18.2 Å². The first-order valence-electron chi connectivity index (χ1n) is 8.77. The number of alkyl halides is 3. The van der Waals surface area contributed by atoms with Crippen LogP contribution in [0.15, 0.2) is 18.2 Å². The molecule has 6 heteroatoms. The molecule has 0 unspecified atom stereocenters. The largest absolute Gasteiger partial charge is 0.393 e. The van der Waals surface area contributed by atoms with Crippen molar-refractivity contribution in [3.8, 4) is 0 Å². The number of benzene rings is 1. The van der Waals surface area contributed by atoms with Gasteiger partial charge in [-0.3, -0.25) is 5.41 Å². The smallest absolute Gasteiger partial charge is 0.355 e. The maximum atomic E-state index is 12.7. The zero-order valence-corrected chi connectivity index (χ0v) is 14.8. The lowest BCUT2D eigenvalue weighted by Crippen LogP contribution is -2.58. The van der Waals surface area contributed by atoms with E-state index in [-0.39, 0.29) is 16.8 Å². The average Bonchev–Trinajstić information content (AvgIpc) is 2.50. The molecular weight excluding hydrogens is 327 g/mol. The van der Waals surface area contributed by atoms with Gasteiger partial charge < -0.3 is 10.3 Å². The summed E-state index contributed by atoms with van der Waals surface area (Å²) in [6, 6.07) is 4.30. The summed E-state index contributed by atoms with van der Waals surface area (Å²) >= 11 is 0. The second-order valence-electron chi connectivity index (χ2n) is 7.06. The normalized spacial score (nSPS) is 16.4. The molecule has 1 aromatic rings. The Kier molecular flexibility index (Phi) is 5.91. The van der Waals surface area contributed by atoms with E-state index in [2.05, 4.69) is 13.8 Å². The second kappa shape index (κ2) is 7.58. The number of nitrogens with one attached hydrogen (secondary N) is 2. The summed E-state index contributed by atoms with van der Waals surface area (Å²) in [6.45, 7) is 5.85. The van der Waals surface area contributed by atoms with Crippen molar-refractivity contribution in [3.05, 3.63) is 34.9 Å². The van der Waals surface area contributed by atoms with Crippen molar-refractivity contribution in [2.24, 2.45) is 5.41 Å². The Bertz CT molecular complexity index is 623. The van der Waals surface area contributed by atoms with Crippen LogP contribution in [0, 0.1) is 16.2 Å². The fraction of sp³-hybridized carbons (Fsp3) is 0.579. The molecule has 1 aliphatic rings. The molecule has 0 aromatic heterocycles. The molecule has 0 atom stereocenters. The summed E-state index contributed by atoms with van der Waals surface area (Å²) < 4.78 is 38.0. The highest BCUT2D eigenvalue weighted by Gasteiger charge is 2.42. The zero-order valence-electron chi connectivity index (χ0n) is 14.8.